The molecule has 2 aromatic carbocycles. The summed E-state index contributed by atoms with van der Waals surface area (Å²) in [5.41, 5.74) is 1.65. The van der Waals surface area contributed by atoms with Gasteiger partial charge in [0.05, 0.1) is 10.8 Å². The van der Waals surface area contributed by atoms with Gasteiger partial charge < -0.3 is 5.32 Å². The smallest absolute Gasteiger partial charge is 0.234 e. The van der Waals surface area contributed by atoms with Crippen LogP contribution in [-0.4, -0.2) is 11.7 Å². The first-order chi connectivity index (χ1) is 10.0. The summed E-state index contributed by atoms with van der Waals surface area (Å²) in [5.74, 6) is 0.633. The topological polar surface area (TPSA) is 29.1 Å². The van der Waals surface area contributed by atoms with E-state index in [4.69, 9.17) is 11.6 Å². The van der Waals surface area contributed by atoms with Crippen molar-refractivity contribution in [2.45, 2.75) is 5.75 Å². The second kappa shape index (κ2) is 7.82. The van der Waals surface area contributed by atoms with E-state index < -0.39 is 0 Å². The van der Waals surface area contributed by atoms with Crippen LogP contribution in [0.2, 0.25) is 5.02 Å². The average Bonchev–Trinajstić information content (AvgIpc) is 2.45. The van der Waals surface area contributed by atoms with Gasteiger partial charge in [-0.1, -0.05) is 23.7 Å². The van der Waals surface area contributed by atoms with Crippen molar-refractivity contribution < 1.29 is 9.18 Å². The van der Waals surface area contributed by atoms with Crippen LogP contribution in [0.25, 0.3) is 0 Å². The molecule has 0 aromatic heterocycles. The van der Waals surface area contributed by atoms with Crippen molar-refractivity contribution >= 4 is 50.9 Å². The third-order valence-corrected chi connectivity index (χ3v) is 4.85. The number of halogens is 3. The summed E-state index contributed by atoms with van der Waals surface area (Å²) in [6.07, 6.45) is 0. The largest absolute Gasteiger partial charge is 0.325 e. The minimum Gasteiger partial charge on any atom is -0.325 e. The van der Waals surface area contributed by atoms with Gasteiger partial charge >= 0.3 is 0 Å². The maximum Gasteiger partial charge on any atom is 0.234 e. The third kappa shape index (κ3) is 5.34. The van der Waals surface area contributed by atoms with E-state index in [1.165, 1.54) is 23.9 Å². The summed E-state index contributed by atoms with van der Waals surface area (Å²) in [4.78, 5) is 11.8. The van der Waals surface area contributed by atoms with Crippen LogP contribution in [0.15, 0.2) is 46.9 Å². The van der Waals surface area contributed by atoms with Gasteiger partial charge in [0, 0.05) is 15.9 Å². The van der Waals surface area contributed by atoms with Gasteiger partial charge in [-0.15, -0.1) is 11.8 Å². The Morgan fingerprint density at radius 3 is 2.62 bits per heavy atom. The van der Waals surface area contributed by atoms with Crippen molar-refractivity contribution in [3.05, 3.63) is 63.3 Å². The zero-order chi connectivity index (χ0) is 15.2. The van der Waals surface area contributed by atoms with Crippen LogP contribution in [0.1, 0.15) is 5.56 Å². The number of amides is 1. The van der Waals surface area contributed by atoms with Crippen LogP contribution in [0.3, 0.4) is 0 Å². The van der Waals surface area contributed by atoms with Crippen LogP contribution in [0.5, 0.6) is 0 Å². The van der Waals surface area contributed by atoms with Crippen molar-refractivity contribution in [2.75, 3.05) is 11.1 Å². The molecule has 0 saturated heterocycles. The number of rotatable bonds is 5. The maximum absolute atomic E-state index is 12.8. The van der Waals surface area contributed by atoms with Crippen LogP contribution >= 0.6 is 39.3 Å². The summed E-state index contributed by atoms with van der Waals surface area (Å²) in [5, 5.41) is 3.33. The lowest BCUT2D eigenvalue weighted by molar-refractivity contribution is -0.113. The highest BCUT2D eigenvalue weighted by molar-refractivity contribution is 9.10. The molecule has 0 aliphatic heterocycles. The van der Waals surface area contributed by atoms with E-state index in [-0.39, 0.29) is 11.7 Å². The number of carbonyl (C=O) groups excluding carboxylic acids is 1. The van der Waals surface area contributed by atoms with E-state index in [9.17, 15) is 9.18 Å². The molecule has 0 aliphatic rings. The fourth-order valence-electron chi connectivity index (χ4n) is 1.61. The molecular weight excluding hydrogens is 377 g/mol. The van der Waals surface area contributed by atoms with Gasteiger partial charge in [0.15, 0.2) is 0 Å². The van der Waals surface area contributed by atoms with Crippen LogP contribution < -0.4 is 5.32 Å². The standard InChI is InChI=1S/C15H12BrClFNOS/c16-13-6-5-12(7-14(13)17)19-15(20)9-21-8-10-1-3-11(18)4-2-10/h1-7H,8-9H2,(H,19,20). The molecule has 0 aliphatic carbocycles. The predicted octanol–water partition coefficient (Wildman–Crippen LogP) is 5.11. The van der Waals surface area contributed by atoms with Crippen LogP contribution in [-0.2, 0) is 10.5 Å². The Morgan fingerprint density at radius 1 is 1.24 bits per heavy atom. The zero-order valence-corrected chi connectivity index (χ0v) is 14.1. The predicted molar refractivity (Wildman–Crippen MR) is 90.3 cm³/mol. The first-order valence-electron chi connectivity index (χ1n) is 6.11. The molecule has 0 heterocycles. The number of nitrogens with one attached hydrogen (secondary N) is 1. The van der Waals surface area contributed by atoms with Crippen molar-refractivity contribution in [3.63, 3.8) is 0 Å². The minimum atomic E-state index is -0.256. The molecule has 0 radical (unpaired) electrons. The van der Waals surface area contributed by atoms with Gasteiger partial charge in [-0.05, 0) is 51.8 Å². The molecule has 21 heavy (non-hydrogen) atoms. The zero-order valence-electron chi connectivity index (χ0n) is 10.9. The molecular formula is C15H12BrClFNOS. The molecule has 6 heteroatoms. The Kier molecular flexibility index (Phi) is 6.08. The van der Waals surface area contributed by atoms with Gasteiger partial charge in [0.1, 0.15) is 5.82 Å². The van der Waals surface area contributed by atoms with E-state index >= 15 is 0 Å². The SMILES string of the molecule is O=C(CSCc1ccc(F)cc1)Nc1ccc(Br)c(Cl)c1. The molecule has 110 valence electrons. The van der Waals surface area contributed by atoms with Crippen molar-refractivity contribution in [3.8, 4) is 0 Å². The number of hydrogen-bond donors (Lipinski definition) is 1. The summed E-state index contributed by atoms with van der Waals surface area (Å²) in [6, 6.07) is 11.5. The number of hydrogen-bond acceptors (Lipinski definition) is 2. The lowest BCUT2D eigenvalue weighted by Gasteiger charge is -2.06. The van der Waals surface area contributed by atoms with E-state index in [0.29, 0.717) is 22.2 Å². The lowest BCUT2D eigenvalue weighted by atomic mass is 10.2. The molecule has 2 rings (SSSR count). The number of carbonyl (C=O) groups is 1. The molecule has 0 saturated carbocycles. The molecule has 2 nitrogen and oxygen atoms in total. The normalized spacial score (nSPS) is 10.4. The maximum atomic E-state index is 12.8. The molecule has 1 amide bonds. The second-order valence-electron chi connectivity index (χ2n) is 4.30. The summed E-state index contributed by atoms with van der Waals surface area (Å²) < 4.78 is 13.5. The third-order valence-electron chi connectivity index (χ3n) is 2.62. The van der Waals surface area contributed by atoms with E-state index in [2.05, 4.69) is 21.2 Å². The van der Waals surface area contributed by atoms with Gasteiger partial charge in [-0.3, -0.25) is 4.79 Å². The monoisotopic (exact) mass is 387 g/mol. The number of anilines is 1. The summed E-state index contributed by atoms with van der Waals surface area (Å²) in [7, 11) is 0. The Balaban J connectivity index is 1.79. The van der Waals surface area contributed by atoms with Gasteiger partial charge in [-0.25, -0.2) is 4.39 Å². The summed E-state index contributed by atoms with van der Waals surface area (Å²) in [6.45, 7) is 0. The highest BCUT2D eigenvalue weighted by Gasteiger charge is 2.05. The molecule has 0 fully saturated rings. The average molecular weight is 389 g/mol. The molecule has 0 bridgehead atoms. The van der Waals surface area contributed by atoms with E-state index in [0.717, 1.165) is 10.0 Å². The Morgan fingerprint density at radius 2 is 1.95 bits per heavy atom. The first-order valence-corrected chi connectivity index (χ1v) is 8.44. The second-order valence-corrected chi connectivity index (χ2v) is 6.54. The molecule has 0 unspecified atom stereocenters. The highest BCUT2D eigenvalue weighted by Crippen LogP contribution is 2.25. The van der Waals surface area contributed by atoms with Gasteiger partial charge in [0.25, 0.3) is 0 Å². The quantitative estimate of drug-likeness (QED) is 0.771. The highest BCUT2D eigenvalue weighted by atomic mass is 79.9. The van der Waals surface area contributed by atoms with E-state index in [1.54, 1.807) is 30.3 Å². The fraction of sp³-hybridized carbons (Fsp3) is 0.133. The van der Waals surface area contributed by atoms with Crippen LogP contribution in [0.4, 0.5) is 10.1 Å². The van der Waals surface area contributed by atoms with Crippen molar-refractivity contribution in [1.82, 2.24) is 0 Å². The first kappa shape index (κ1) is 16.3. The molecule has 2 aromatic rings. The molecule has 0 atom stereocenters. The number of thioether (sulfide) groups is 1. The van der Waals surface area contributed by atoms with E-state index in [1.807, 2.05) is 0 Å². The lowest BCUT2D eigenvalue weighted by Crippen LogP contribution is -2.14. The van der Waals surface area contributed by atoms with Crippen LogP contribution in [0, 0.1) is 5.82 Å². The molecule has 1 N–H and O–H groups in total. The van der Waals surface area contributed by atoms with Crippen molar-refractivity contribution in [1.29, 1.82) is 0 Å². The van der Waals surface area contributed by atoms with Gasteiger partial charge in [-0.2, -0.15) is 0 Å². The van der Waals surface area contributed by atoms with Crippen molar-refractivity contribution in [2.24, 2.45) is 0 Å². The fourth-order valence-corrected chi connectivity index (χ4v) is 2.83. The summed E-state index contributed by atoms with van der Waals surface area (Å²) >= 11 is 10.7. The Hall–Kier alpha value is -1.04. The minimum absolute atomic E-state index is 0.0968. The Bertz CT molecular complexity index is 636. The molecule has 0 spiro atoms. The number of benzene rings is 2. The Labute approximate surface area is 140 Å². The van der Waals surface area contributed by atoms with Gasteiger partial charge in [0.2, 0.25) is 5.91 Å².